The molecule has 0 unspecified atom stereocenters. The smallest absolute Gasteiger partial charge is 0.0194 e. The van der Waals surface area contributed by atoms with Crippen molar-refractivity contribution in [2.45, 2.75) is 41.5 Å². The van der Waals surface area contributed by atoms with E-state index in [4.69, 9.17) is 0 Å². The summed E-state index contributed by atoms with van der Waals surface area (Å²) in [6.07, 6.45) is 11.7. The monoisotopic (exact) mass is 220 g/mol. The van der Waals surface area contributed by atoms with Crippen molar-refractivity contribution in [2.24, 2.45) is 0 Å². The van der Waals surface area contributed by atoms with Crippen molar-refractivity contribution < 1.29 is 0 Å². The van der Waals surface area contributed by atoms with Gasteiger partial charge in [0.2, 0.25) is 0 Å². The number of hydrogen-bond acceptors (Lipinski definition) is 0. The molecule has 0 aliphatic rings. The van der Waals surface area contributed by atoms with Gasteiger partial charge < -0.3 is 0 Å². The van der Waals surface area contributed by atoms with Crippen LogP contribution in [0, 0.1) is 0 Å². The van der Waals surface area contributed by atoms with Crippen LogP contribution in [-0.2, 0) is 0 Å². The van der Waals surface area contributed by atoms with Crippen LogP contribution in [0.1, 0.15) is 41.5 Å². The van der Waals surface area contributed by atoms with Gasteiger partial charge in [-0.1, -0.05) is 77.3 Å². The van der Waals surface area contributed by atoms with E-state index in [1.807, 2.05) is 59.8 Å². The Morgan fingerprint density at radius 2 is 1.38 bits per heavy atom. The molecule has 0 saturated carbocycles. The molecule has 0 aromatic rings. The third-order valence-corrected chi connectivity index (χ3v) is 1.51. The van der Waals surface area contributed by atoms with Crippen molar-refractivity contribution in [1.82, 2.24) is 0 Å². The summed E-state index contributed by atoms with van der Waals surface area (Å²) in [4.78, 5) is 0. The van der Waals surface area contributed by atoms with Gasteiger partial charge in [-0.25, -0.2) is 0 Å². The van der Waals surface area contributed by atoms with E-state index in [-0.39, 0.29) is 0 Å². The van der Waals surface area contributed by atoms with E-state index in [0.717, 1.165) is 5.57 Å². The van der Waals surface area contributed by atoms with E-state index in [1.165, 1.54) is 5.57 Å². The SMILES string of the molecule is C=C/C=C(C=C)/C(/C=C\C)=C/C.CC.CC. The number of allylic oxidation sites excluding steroid dienone is 8. The Kier molecular flexibility index (Phi) is 24.3. The molecule has 92 valence electrons. The lowest BCUT2D eigenvalue weighted by Crippen LogP contribution is -1.80. The van der Waals surface area contributed by atoms with Gasteiger partial charge in [-0.2, -0.15) is 0 Å². The molecule has 0 aromatic carbocycles. The van der Waals surface area contributed by atoms with Crippen LogP contribution in [-0.4, -0.2) is 0 Å². The molecule has 0 aliphatic heterocycles. The molecule has 0 atom stereocenters. The van der Waals surface area contributed by atoms with Crippen molar-refractivity contribution in [1.29, 1.82) is 0 Å². The number of hydrogen-bond donors (Lipinski definition) is 0. The molecule has 0 aliphatic carbocycles. The van der Waals surface area contributed by atoms with E-state index < -0.39 is 0 Å². The summed E-state index contributed by atoms with van der Waals surface area (Å²) in [6, 6.07) is 0. The zero-order valence-electron chi connectivity index (χ0n) is 11.9. The summed E-state index contributed by atoms with van der Waals surface area (Å²) in [6.45, 7) is 19.4. The van der Waals surface area contributed by atoms with Crippen molar-refractivity contribution in [2.75, 3.05) is 0 Å². The van der Waals surface area contributed by atoms with Gasteiger partial charge in [0, 0.05) is 0 Å². The largest absolute Gasteiger partial charge is 0.0990 e. The van der Waals surface area contributed by atoms with Gasteiger partial charge >= 0.3 is 0 Å². The Morgan fingerprint density at radius 3 is 1.62 bits per heavy atom. The topological polar surface area (TPSA) is 0 Å². The summed E-state index contributed by atoms with van der Waals surface area (Å²) in [5, 5.41) is 0. The van der Waals surface area contributed by atoms with Crippen LogP contribution in [0.5, 0.6) is 0 Å². The molecule has 0 N–H and O–H groups in total. The maximum Gasteiger partial charge on any atom is -0.0194 e. The first kappa shape index (κ1) is 20.2. The molecule has 0 bridgehead atoms. The van der Waals surface area contributed by atoms with Crippen molar-refractivity contribution in [3.8, 4) is 0 Å². The van der Waals surface area contributed by atoms with Crippen molar-refractivity contribution >= 4 is 0 Å². The van der Waals surface area contributed by atoms with Crippen LogP contribution in [0.15, 0.2) is 60.8 Å². The lowest BCUT2D eigenvalue weighted by Gasteiger charge is -2.00. The van der Waals surface area contributed by atoms with Crippen LogP contribution < -0.4 is 0 Å². The molecule has 0 fully saturated rings. The lowest BCUT2D eigenvalue weighted by molar-refractivity contribution is 1.49. The maximum atomic E-state index is 3.74. The second-order valence-corrected chi connectivity index (χ2v) is 2.31. The van der Waals surface area contributed by atoms with Gasteiger partial charge in [0.25, 0.3) is 0 Å². The van der Waals surface area contributed by atoms with Gasteiger partial charge in [-0.05, 0) is 25.0 Å². The van der Waals surface area contributed by atoms with Gasteiger partial charge in [-0.3, -0.25) is 0 Å². The van der Waals surface area contributed by atoms with Crippen LogP contribution in [0.25, 0.3) is 0 Å². The van der Waals surface area contributed by atoms with Crippen molar-refractivity contribution in [3.63, 3.8) is 0 Å². The summed E-state index contributed by atoms with van der Waals surface area (Å²) in [5.74, 6) is 0. The van der Waals surface area contributed by atoms with Crippen LogP contribution >= 0.6 is 0 Å². The van der Waals surface area contributed by atoms with Crippen molar-refractivity contribution in [3.05, 3.63) is 60.8 Å². The van der Waals surface area contributed by atoms with Crippen LogP contribution in [0.3, 0.4) is 0 Å². The molecule has 0 heteroatoms. The Morgan fingerprint density at radius 1 is 0.875 bits per heavy atom. The molecule has 16 heavy (non-hydrogen) atoms. The van der Waals surface area contributed by atoms with Crippen LogP contribution in [0.2, 0.25) is 0 Å². The maximum absolute atomic E-state index is 3.74. The highest BCUT2D eigenvalue weighted by Crippen LogP contribution is 2.12. The first-order valence-electron chi connectivity index (χ1n) is 6.04. The first-order chi connectivity index (χ1) is 7.79. The van der Waals surface area contributed by atoms with E-state index >= 15 is 0 Å². The average Bonchev–Trinajstić information content (AvgIpc) is 2.38. The second kappa shape index (κ2) is 19.3. The van der Waals surface area contributed by atoms with Gasteiger partial charge in [0.15, 0.2) is 0 Å². The minimum atomic E-state index is 1.10. The zero-order chi connectivity index (χ0) is 13.4. The molecule has 0 radical (unpaired) electrons. The summed E-state index contributed by atoms with van der Waals surface area (Å²) >= 11 is 0. The standard InChI is InChI=1S/C12H16.2C2H6/c1-5-9-11(7-3)12(8-4)10-6-2;2*1-2/h5-10H,1,3H2,2,4H3;2*1-2H3/b10-6-,11-9+,12-8+;;. The Labute approximate surface area is 103 Å². The molecule has 0 spiro atoms. The minimum absolute atomic E-state index is 1.10. The molecule has 0 nitrogen and oxygen atoms in total. The third-order valence-electron chi connectivity index (χ3n) is 1.51. The second-order valence-electron chi connectivity index (χ2n) is 2.31. The molecule has 0 amide bonds. The summed E-state index contributed by atoms with van der Waals surface area (Å²) < 4.78 is 0. The third kappa shape index (κ3) is 10.8. The predicted molar refractivity (Wildman–Crippen MR) is 79.7 cm³/mol. The van der Waals surface area contributed by atoms with Gasteiger partial charge in [-0.15, -0.1) is 0 Å². The van der Waals surface area contributed by atoms with E-state index in [2.05, 4.69) is 25.3 Å². The fraction of sp³-hybridized carbons (Fsp3) is 0.375. The van der Waals surface area contributed by atoms with E-state index in [9.17, 15) is 0 Å². The highest BCUT2D eigenvalue weighted by molar-refractivity contribution is 5.46. The van der Waals surface area contributed by atoms with E-state index in [0.29, 0.717) is 0 Å². The Balaban J connectivity index is -0.000000376. The average molecular weight is 220 g/mol. The zero-order valence-corrected chi connectivity index (χ0v) is 11.9. The van der Waals surface area contributed by atoms with Gasteiger partial charge in [0.05, 0.1) is 0 Å². The highest BCUT2D eigenvalue weighted by Gasteiger charge is 1.92. The van der Waals surface area contributed by atoms with Crippen LogP contribution in [0.4, 0.5) is 0 Å². The normalized spacial score (nSPS) is 10.9. The summed E-state index contributed by atoms with van der Waals surface area (Å²) in [5.41, 5.74) is 2.28. The summed E-state index contributed by atoms with van der Waals surface area (Å²) in [7, 11) is 0. The van der Waals surface area contributed by atoms with E-state index in [1.54, 1.807) is 6.08 Å². The Hall–Kier alpha value is -1.30. The molecular formula is C16H28. The fourth-order valence-electron chi connectivity index (χ4n) is 0.948. The molecule has 0 heterocycles. The molecule has 0 rings (SSSR count). The fourth-order valence-corrected chi connectivity index (χ4v) is 0.948. The molecule has 0 saturated heterocycles. The molecule has 0 aromatic heterocycles. The first-order valence-corrected chi connectivity index (χ1v) is 6.04. The predicted octanol–water partition coefficient (Wildman–Crippen LogP) is 5.86. The molecular weight excluding hydrogens is 192 g/mol. The van der Waals surface area contributed by atoms with Gasteiger partial charge in [0.1, 0.15) is 0 Å². The quantitative estimate of drug-likeness (QED) is 0.520. The minimum Gasteiger partial charge on any atom is -0.0990 e. The Bertz CT molecular complexity index is 237. The highest BCUT2D eigenvalue weighted by atomic mass is 14.0. The number of rotatable bonds is 4. The lowest BCUT2D eigenvalue weighted by atomic mass is 10.1.